The first-order valence-electron chi connectivity index (χ1n) is 22.8. The number of fused-ring (bicyclic) bond motifs is 6. The van der Waals surface area contributed by atoms with Gasteiger partial charge in [-0.05, 0) is 179 Å². The summed E-state index contributed by atoms with van der Waals surface area (Å²) in [6.45, 7) is 5.71. The lowest BCUT2D eigenvalue weighted by Gasteiger charge is -2.14. The first-order valence-corrected chi connectivity index (χ1v) is 31.7. The van der Waals surface area contributed by atoms with E-state index >= 15 is 0 Å². The minimum atomic E-state index is -4.52. The summed E-state index contributed by atoms with van der Waals surface area (Å²) in [7, 11) is 15.0. The summed E-state index contributed by atoms with van der Waals surface area (Å²) in [5.74, 6) is 0.191. The van der Waals surface area contributed by atoms with Crippen molar-refractivity contribution in [3.05, 3.63) is 118 Å². The SMILES string of the molecule is Cc1ncc(CCCN(C)C)cc1Nc1ncc2c(n1)-c1ccc(C(F)(F)F)cc1NC(=O)C2.Cc1ncc(CCCN(C)C)cc1Nc1ncc2c(n1)-c1ccc(C(F)(F)F)cc1NC(=S)C2.S=PP=S=S=S=S. The van der Waals surface area contributed by atoms with Crippen molar-refractivity contribution in [2.75, 3.05) is 62.5 Å². The number of thiocarbonyl (C=S) groups is 1. The second kappa shape index (κ2) is 27.4. The molecule has 4 aromatic heterocycles. The molecule has 2 aliphatic rings. The molecule has 6 aromatic rings. The Morgan fingerprint density at radius 3 is 1.59 bits per heavy atom. The number of nitrogens with one attached hydrogen (secondary N) is 4. The standard InChI is InChI=1S/C24H25F3N6O.C24H25F3N6S.P2S5/c2*1-14-19(9-15(12-28-14)5-4-8-33(2)3)31-23-29-13-16-10-21(34)30-20-11-17(24(25,26)27)6-7-18(20)22(16)32-23;3-1-2-5-7-6-4/h2*6-7,9,11-13H,4-5,8,10H2,1-3H3,(H,30,34)(H,29,31,32);. The number of benzene rings is 2. The molecule has 0 aliphatic carbocycles. The van der Waals surface area contributed by atoms with E-state index in [0.717, 1.165) is 110 Å². The molecular formula is C48H50F6N12OP2S6. The van der Waals surface area contributed by atoms with Gasteiger partial charge in [-0.2, -0.15) is 26.3 Å². The number of halogens is 6. The number of rotatable bonds is 13. The molecule has 4 N–H and O–H groups in total. The average Bonchev–Trinajstić information content (AvgIpc) is 3.58. The largest absolute Gasteiger partial charge is 0.416 e. The van der Waals surface area contributed by atoms with Gasteiger partial charge in [0.15, 0.2) is 0 Å². The predicted octanol–water partition coefficient (Wildman–Crippen LogP) is 11.7. The maximum atomic E-state index is 13.2. The molecule has 0 radical (unpaired) electrons. The van der Waals surface area contributed by atoms with Crippen molar-refractivity contribution < 1.29 is 31.1 Å². The molecule has 0 atom stereocenters. The number of pyridine rings is 2. The van der Waals surface area contributed by atoms with Crippen molar-refractivity contribution in [2.24, 2.45) is 0 Å². The Bertz CT molecular complexity index is 3030. The highest BCUT2D eigenvalue weighted by molar-refractivity contribution is 8.63. The van der Waals surface area contributed by atoms with Gasteiger partial charge in [-0.1, -0.05) is 24.4 Å². The second-order valence-corrected chi connectivity index (χ2v) is 27.7. The highest BCUT2D eigenvalue weighted by atomic mass is 33.3. The molecule has 75 heavy (non-hydrogen) atoms. The van der Waals surface area contributed by atoms with Crippen LogP contribution in [-0.4, -0.2) is 91.9 Å². The van der Waals surface area contributed by atoms with Gasteiger partial charge in [0.2, 0.25) is 17.8 Å². The molecule has 13 nitrogen and oxygen atoms in total. The third-order valence-electron chi connectivity index (χ3n) is 11.2. The Hall–Kier alpha value is -4.94. The summed E-state index contributed by atoms with van der Waals surface area (Å²) in [4.78, 5) is 43.9. The Labute approximate surface area is 457 Å². The average molecular weight is 1180 g/mol. The summed E-state index contributed by atoms with van der Waals surface area (Å²) >= 11 is 14.6. The zero-order chi connectivity index (χ0) is 54.5. The van der Waals surface area contributed by atoms with E-state index in [1.54, 1.807) is 24.6 Å². The van der Waals surface area contributed by atoms with E-state index < -0.39 is 29.4 Å². The van der Waals surface area contributed by atoms with Gasteiger partial charge in [-0.3, -0.25) is 14.8 Å². The lowest BCUT2D eigenvalue weighted by molar-refractivity contribution is -0.138. The molecule has 0 unspecified atom stereocenters. The van der Waals surface area contributed by atoms with Crippen molar-refractivity contribution in [3.63, 3.8) is 0 Å². The molecule has 6 heterocycles. The van der Waals surface area contributed by atoms with Crippen molar-refractivity contribution in [1.29, 1.82) is 0 Å². The van der Waals surface area contributed by atoms with Gasteiger partial charge in [-0.25, -0.2) is 19.9 Å². The fourth-order valence-electron chi connectivity index (χ4n) is 7.61. The number of amides is 1. The van der Waals surface area contributed by atoms with E-state index in [1.165, 1.54) is 34.3 Å². The molecule has 1 amide bonds. The van der Waals surface area contributed by atoms with Gasteiger partial charge in [0, 0.05) is 73.2 Å². The molecule has 396 valence electrons. The summed E-state index contributed by atoms with van der Waals surface area (Å²) in [6.07, 6.45) is 2.00. The van der Waals surface area contributed by atoms with Gasteiger partial charge >= 0.3 is 12.4 Å². The molecule has 0 bridgehead atoms. The Morgan fingerprint density at radius 1 is 0.680 bits per heavy atom. The summed E-state index contributed by atoms with van der Waals surface area (Å²) in [5, 5.41) is 11.9. The Morgan fingerprint density at radius 2 is 1.15 bits per heavy atom. The molecule has 2 aliphatic heterocycles. The van der Waals surface area contributed by atoms with Crippen molar-refractivity contribution >= 4 is 122 Å². The van der Waals surface area contributed by atoms with Crippen LogP contribution in [0.4, 0.5) is 61.0 Å². The molecule has 0 fully saturated rings. The first-order chi connectivity index (χ1) is 35.6. The van der Waals surface area contributed by atoms with E-state index in [9.17, 15) is 31.1 Å². The van der Waals surface area contributed by atoms with Crippen LogP contribution in [-0.2, 0) is 93.1 Å². The summed E-state index contributed by atoms with van der Waals surface area (Å²) in [5.41, 5.74) is 7.23. The van der Waals surface area contributed by atoms with Crippen LogP contribution in [0.2, 0.25) is 0 Å². The van der Waals surface area contributed by atoms with Gasteiger partial charge in [0.05, 0.1) is 62.4 Å². The van der Waals surface area contributed by atoms with Gasteiger partial charge < -0.3 is 31.1 Å². The fourth-order valence-corrected chi connectivity index (χ4v) is 17.5. The molecule has 27 heteroatoms. The molecule has 0 saturated heterocycles. The highest BCUT2D eigenvalue weighted by Gasteiger charge is 2.34. The minimum Gasteiger partial charge on any atom is -0.349 e. The van der Waals surface area contributed by atoms with Crippen LogP contribution in [0.25, 0.3) is 22.5 Å². The number of hydrogen-bond acceptors (Lipinski definition) is 14. The lowest BCUT2D eigenvalue weighted by atomic mass is 10.0. The van der Waals surface area contributed by atoms with Crippen LogP contribution in [0.15, 0.2) is 73.3 Å². The Balaban J connectivity index is 0.000000216. The third-order valence-corrected chi connectivity index (χ3v) is 21.5. The van der Waals surface area contributed by atoms with Gasteiger partial charge in [0.1, 0.15) is 0 Å². The number of carbonyl (C=O) groups excluding carboxylic acids is 1. The molecular weight excluding hydrogens is 1130 g/mol. The minimum absolute atomic E-state index is 0.0341. The van der Waals surface area contributed by atoms with Crippen molar-refractivity contribution in [3.8, 4) is 22.5 Å². The molecule has 8 rings (SSSR count). The van der Waals surface area contributed by atoms with E-state index in [-0.39, 0.29) is 23.7 Å². The van der Waals surface area contributed by atoms with Crippen LogP contribution in [0, 0.1) is 13.8 Å². The van der Waals surface area contributed by atoms with Crippen LogP contribution < -0.4 is 21.3 Å². The normalized spacial score (nSPS) is 12.8. The summed E-state index contributed by atoms with van der Waals surface area (Å²) in [6, 6.07) is 10.8. The van der Waals surface area contributed by atoms with Crippen molar-refractivity contribution in [2.45, 2.75) is 64.7 Å². The third kappa shape index (κ3) is 17.5. The zero-order valence-electron chi connectivity index (χ0n) is 41.2. The first kappa shape index (κ1) is 59.3. The number of carbonyl (C=O) groups is 1. The van der Waals surface area contributed by atoms with Crippen molar-refractivity contribution in [1.82, 2.24) is 39.7 Å². The number of aryl methyl sites for hydroxylation is 4. The van der Waals surface area contributed by atoms with Gasteiger partial charge in [-0.15, -0.1) is 0 Å². The molecule has 0 saturated carbocycles. The Kier molecular flexibility index (Phi) is 21.7. The number of anilines is 6. The van der Waals surface area contributed by atoms with E-state index in [4.69, 9.17) is 12.2 Å². The zero-order valence-corrected chi connectivity index (χ0v) is 47.9. The van der Waals surface area contributed by atoms with Crippen LogP contribution in [0.3, 0.4) is 0 Å². The van der Waals surface area contributed by atoms with E-state index in [2.05, 4.69) is 84.0 Å². The molecule has 2 aromatic carbocycles. The number of alkyl halides is 6. The van der Waals surface area contributed by atoms with E-state index in [0.29, 0.717) is 45.4 Å². The summed E-state index contributed by atoms with van der Waals surface area (Å²) < 4.78 is 79.3. The maximum Gasteiger partial charge on any atom is 0.416 e. The van der Waals surface area contributed by atoms with Gasteiger partial charge in [0.25, 0.3) is 0 Å². The maximum absolute atomic E-state index is 13.2. The number of hydrogen-bond donors (Lipinski definition) is 4. The van der Waals surface area contributed by atoms with Crippen LogP contribution >= 0.6 is 26.3 Å². The number of aromatic nitrogens is 6. The lowest BCUT2D eigenvalue weighted by Crippen LogP contribution is -2.14. The smallest absolute Gasteiger partial charge is 0.349 e. The molecule has 0 spiro atoms. The topological polar surface area (TPSA) is 149 Å². The van der Waals surface area contributed by atoms with Crippen LogP contribution in [0.5, 0.6) is 0 Å². The van der Waals surface area contributed by atoms with Crippen LogP contribution in [0.1, 0.15) is 57.6 Å². The highest BCUT2D eigenvalue weighted by Crippen LogP contribution is 2.40. The quantitative estimate of drug-likeness (QED) is 0.0493. The predicted molar refractivity (Wildman–Crippen MR) is 306 cm³/mol. The fraction of sp³-hybridized carbons (Fsp3) is 0.333. The second-order valence-electron chi connectivity index (χ2n) is 17.5. The van der Waals surface area contributed by atoms with E-state index in [1.807, 2.05) is 66.6 Å². The number of nitrogens with zero attached hydrogens (tertiary/aromatic N) is 8. The monoisotopic (exact) mass is 1180 g/mol.